The average Bonchev–Trinajstić information content (AvgIpc) is 2.46. The van der Waals surface area contributed by atoms with E-state index in [1.807, 2.05) is 25.1 Å². The zero-order valence-corrected chi connectivity index (χ0v) is 14.4. The van der Waals surface area contributed by atoms with E-state index in [1.165, 1.54) is 5.56 Å². The summed E-state index contributed by atoms with van der Waals surface area (Å²) < 4.78 is 6.96. The van der Waals surface area contributed by atoms with Gasteiger partial charge in [0.05, 0.1) is 0 Å². The number of hydrogen-bond acceptors (Lipinski definition) is 2. The van der Waals surface area contributed by atoms with Crippen LogP contribution in [0, 0.1) is 0 Å². The Morgan fingerprint density at radius 1 is 1.05 bits per heavy atom. The van der Waals surface area contributed by atoms with Crippen LogP contribution in [-0.2, 0) is 6.61 Å². The second-order valence-corrected chi connectivity index (χ2v) is 6.57. The van der Waals surface area contributed by atoms with Crippen LogP contribution in [0.3, 0.4) is 0 Å². The summed E-state index contributed by atoms with van der Waals surface area (Å²) in [6, 6.07) is 14.5. The minimum absolute atomic E-state index is 0.0548. The average molecular weight is 348 g/mol. The molecule has 2 aromatic carbocycles. The van der Waals surface area contributed by atoms with Gasteiger partial charge in [-0.05, 0) is 42.2 Å². The molecule has 3 heteroatoms. The summed E-state index contributed by atoms with van der Waals surface area (Å²) in [5, 5.41) is 0. The summed E-state index contributed by atoms with van der Waals surface area (Å²) in [6.45, 7) is 6.91. The SMILES string of the molecule is CC(C)c1ccc(COc2ccc(Br)cc2[C@H](C)N)cc1. The molecule has 112 valence electrons. The van der Waals surface area contributed by atoms with Gasteiger partial charge in [0.2, 0.25) is 0 Å². The maximum Gasteiger partial charge on any atom is 0.124 e. The van der Waals surface area contributed by atoms with Crippen molar-refractivity contribution in [2.45, 2.75) is 39.3 Å². The van der Waals surface area contributed by atoms with Crippen molar-refractivity contribution >= 4 is 15.9 Å². The lowest BCUT2D eigenvalue weighted by Crippen LogP contribution is -2.08. The van der Waals surface area contributed by atoms with Crippen molar-refractivity contribution in [1.82, 2.24) is 0 Å². The molecule has 0 heterocycles. The van der Waals surface area contributed by atoms with Crippen LogP contribution in [0.25, 0.3) is 0 Å². The third-order valence-electron chi connectivity index (χ3n) is 3.50. The largest absolute Gasteiger partial charge is 0.489 e. The highest BCUT2D eigenvalue weighted by atomic mass is 79.9. The Balaban J connectivity index is 2.09. The second kappa shape index (κ2) is 7.10. The molecule has 2 N–H and O–H groups in total. The molecule has 0 fully saturated rings. The topological polar surface area (TPSA) is 35.2 Å². The summed E-state index contributed by atoms with van der Waals surface area (Å²) in [5.74, 6) is 1.40. The van der Waals surface area contributed by atoms with Crippen LogP contribution in [0.5, 0.6) is 5.75 Å². The van der Waals surface area contributed by atoms with E-state index in [0.29, 0.717) is 12.5 Å². The highest BCUT2D eigenvalue weighted by molar-refractivity contribution is 9.10. The lowest BCUT2D eigenvalue weighted by atomic mass is 10.0. The first-order chi connectivity index (χ1) is 9.97. The number of halogens is 1. The fourth-order valence-corrected chi connectivity index (χ4v) is 2.55. The second-order valence-electron chi connectivity index (χ2n) is 5.66. The minimum Gasteiger partial charge on any atom is -0.489 e. The Bertz CT molecular complexity index is 591. The Hall–Kier alpha value is -1.32. The Morgan fingerprint density at radius 3 is 2.29 bits per heavy atom. The summed E-state index contributed by atoms with van der Waals surface area (Å²) in [6.07, 6.45) is 0. The van der Waals surface area contributed by atoms with Crippen LogP contribution in [0.15, 0.2) is 46.9 Å². The van der Waals surface area contributed by atoms with E-state index in [-0.39, 0.29) is 6.04 Å². The Labute approximate surface area is 135 Å². The van der Waals surface area contributed by atoms with Gasteiger partial charge >= 0.3 is 0 Å². The number of rotatable bonds is 5. The standard InChI is InChI=1S/C18H22BrNO/c1-12(2)15-6-4-14(5-7-15)11-21-18-9-8-16(19)10-17(18)13(3)20/h4-10,12-13H,11,20H2,1-3H3/t13-/m0/s1. The summed E-state index contributed by atoms with van der Waals surface area (Å²) >= 11 is 3.47. The van der Waals surface area contributed by atoms with Crippen molar-refractivity contribution < 1.29 is 4.74 Å². The third-order valence-corrected chi connectivity index (χ3v) is 4.00. The van der Waals surface area contributed by atoms with Gasteiger partial charge in [0.1, 0.15) is 12.4 Å². The van der Waals surface area contributed by atoms with Gasteiger partial charge in [-0.2, -0.15) is 0 Å². The number of hydrogen-bond donors (Lipinski definition) is 1. The van der Waals surface area contributed by atoms with Gasteiger partial charge in [-0.15, -0.1) is 0 Å². The molecule has 0 aliphatic carbocycles. The molecule has 21 heavy (non-hydrogen) atoms. The van der Waals surface area contributed by atoms with Gasteiger partial charge in [0, 0.05) is 16.1 Å². The molecule has 0 unspecified atom stereocenters. The van der Waals surface area contributed by atoms with Crippen LogP contribution >= 0.6 is 15.9 Å². The van der Waals surface area contributed by atoms with Crippen molar-refractivity contribution in [3.8, 4) is 5.75 Å². The van der Waals surface area contributed by atoms with Gasteiger partial charge in [-0.25, -0.2) is 0 Å². The lowest BCUT2D eigenvalue weighted by molar-refractivity contribution is 0.301. The van der Waals surface area contributed by atoms with Crippen molar-refractivity contribution in [3.63, 3.8) is 0 Å². The lowest BCUT2D eigenvalue weighted by Gasteiger charge is -2.15. The van der Waals surface area contributed by atoms with E-state index in [9.17, 15) is 0 Å². The molecule has 0 aliphatic heterocycles. The molecule has 0 spiro atoms. The zero-order valence-electron chi connectivity index (χ0n) is 12.8. The molecule has 0 bridgehead atoms. The molecule has 0 aliphatic rings. The molecule has 0 radical (unpaired) electrons. The van der Waals surface area contributed by atoms with Crippen molar-refractivity contribution in [2.24, 2.45) is 5.73 Å². The van der Waals surface area contributed by atoms with Crippen LogP contribution < -0.4 is 10.5 Å². The van der Waals surface area contributed by atoms with Crippen molar-refractivity contribution in [1.29, 1.82) is 0 Å². The molecule has 0 aromatic heterocycles. The summed E-state index contributed by atoms with van der Waals surface area (Å²) in [7, 11) is 0. The molecule has 0 saturated heterocycles. The molecular weight excluding hydrogens is 326 g/mol. The Kier molecular flexibility index (Phi) is 5.43. The Morgan fingerprint density at radius 2 is 1.71 bits per heavy atom. The fraction of sp³-hybridized carbons (Fsp3) is 0.333. The number of benzene rings is 2. The van der Waals surface area contributed by atoms with Crippen molar-refractivity contribution in [3.05, 3.63) is 63.6 Å². The highest BCUT2D eigenvalue weighted by Gasteiger charge is 2.09. The molecule has 2 rings (SSSR count). The van der Waals surface area contributed by atoms with Gasteiger partial charge in [0.15, 0.2) is 0 Å². The van der Waals surface area contributed by atoms with E-state index in [4.69, 9.17) is 10.5 Å². The molecular formula is C18H22BrNO. The molecule has 2 aromatic rings. The van der Waals surface area contributed by atoms with E-state index in [2.05, 4.69) is 54.0 Å². The van der Waals surface area contributed by atoms with Crippen LogP contribution in [0.4, 0.5) is 0 Å². The molecule has 1 atom stereocenters. The smallest absolute Gasteiger partial charge is 0.124 e. The maximum absolute atomic E-state index is 6.00. The third kappa shape index (κ3) is 4.32. The summed E-state index contributed by atoms with van der Waals surface area (Å²) in [5.41, 5.74) is 9.53. The van der Waals surface area contributed by atoms with E-state index in [1.54, 1.807) is 0 Å². The van der Waals surface area contributed by atoms with Gasteiger partial charge in [-0.1, -0.05) is 54.0 Å². The van der Waals surface area contributed by atoms with Crippen LogP contribution in [0.1, 0.15) is 49.4 Å². The maximum atomic E-state index is 6.00. The predicted octanol–water partition coefficient (Wildman–Crippen LogP) is 5.17. The van der Waals surface area contributed by atoms with E-state index >= 15 is 0 Å². The molecule has 0 amide bonds. The van der Waals surface area contributed by atoms with Gasteiger partial charge < -0.3 is 10.5 Å². The first-order valence-corrected chi connectivity index (χ1v) is 8.03. The minimum atomic E-state index is -0.0548. The first kappa shape index (κ1) is 16.1. The first-order valence-electron chi connectivity index (χ1n) is 7.24. The number of nitrogens with two attached hydrogens (primary N) is 1. The quantitative estimate of drug-likeness (QED) is 0.809. The fourth-order valence-electron chi connectivity index (χ4n) is 2.17. The van der Waals surface area contributed by atoms with E-state index < -0.39 is 0 Å². The normalized spacial score (nSPS) is 12.5. The zero-order chi connectivity index (χ0) is 15.4. The van der Waals surface area contributed by atoms with Crippen LogP contribution in [0.2, 0.25) is 0 Å². The number of ether oxygens (including phenoxy) is 1. The van der Waals surface area contributed by atoms with E-state index in [0.717, 1.165) is 21.3 Å². The monoisotopic (exact) mass is 347 g/mol. The predicted molar refractivity (Wildman–Crippen MR) is 91.6 cm³/mol. The molecule has 2 nitrogen and oxygen atoms in total. The van der Waals surface area contributed by atoms with Gasteiger partial charge in [0.25, 0.3) is 0 Å². The van der Waals surface area contributed by atoms with Gasteiger partial charge in [-0.3, -0.25) is 0 Å². The highest BCUT2D eigenvalue weighted by Crippen LogP contribution is 2.28. The molecule has 0 saturated carbocycles. The van der Waals surface area contributed by atoms with Crippen LogP contribution in [-0.4, -0.2) is 0 Å². The summed E-state index contributed by atoms with van der Waals surface area (Å²) in [4.78, 5) is 0. The van der Waals surface area contributed by atoms with Crippen molar-refractivity contribution in [2.75, 3.05) is 0 Å².